The number of anilines is 2. The summed E-state index contributed by atoms with van der Waals surface area (Å²) in [5.41, 5.74) is -0.684. The molecule has 4 aromatic heterocycles. The summed E-state index contributed by atoms with van der Waals surface area (Å²) >= 11 is 0. The van der Waals surface area contributed by atoms with Crippen LogP contribution in [0.2, 0.25) is 25.7 Å². The van der Waals surface area contributed by atoms with Crippen LogP contribution in [-0.2, 0) is 23.3 Å². The number of carbonyl (C=O) groups excluding carboxylic acids is 1. The minimum Gasteiger partial charge on any atom is -0.477 e. The number of fused-ring (bicyclic) bond motifs is 4. The van der Waals surface area contributed by atoms with Gasteiger partial charge in [-0.15, -0.1) is 0 Å². The Hall–Kier alpha value is -5.00. The number of ether oxygens (including phenoxy) is 2. The van der Waals surface area contributed by atoms with Gasteiger partial charge in [-0.3, -0.25) is 14.3 Å². The van der Waals surface area contributed by atoms with E-state index < -0.39 is 60.6 Å². The SMILES string of the molecule is CN(C)C[C@@H]1C[C@H](F)CN1c1c(-c2cnc3c(c2)c(=O)c(C(=O)O)cn3C)cnc2c1c1c(F)c(F)cc(N(C)C(=O)OC(C)(C)C)c1n2COCC[Si](C)(C)C. The van der Waals surface area contributed by atoms with Gasteiger partial charge in [-0.05, 0) is 47.0 Å². The third kappa shape index (κ3) is 8.23. The highest BCUT2D eigenvalue weighted by molar-refractivity contribution is 6.76. The Kier molecular flexibility index (Phi) is 11.2. The number of aryl methyl sites for hydroxylation is 1. The van der Waals surface area contributed by atoms with E-state index >= 15 is 13.2 Å². The molecule has 1 aromatic carbocycles. The molecule has 0 radical (unpaired) electrons. The summed E-state index contributed by atoms with van der Waals surface area (Å²) in [6, 6.07) is 2.80. The number of nitrogens with zero attached hydrogens (tertiary/aromatic N) is 7. The summed E-state index contributed by atoms with van der Waals surface area (Å²) in [5.74, 6) is -3.86. The number of aromatic carboxylic acids is 1. The first-order valence-electron chi connectivity index (χ1n) is 18.7. The second-order valence-corrected chi connectivity index (χ2v) is 22.9. The Balaban J connectivity index is 1.74. The molecule has 6 rings (SSSR count). The molecule has 1 saturated heterocycles. The Bertz CT molecular complexity index is 2460. The van der Waals surface area contributed by atoms with Crippen molar-refractivity contribution in [1.29, 1.82) is 0 Å². The van der Waals surface area contributed by atoms with E-state index in [2.05, 4.69) is 24.6 Å². The number of pyridine rings is 3. The number of alkyl halides is 1. The average Bonchev–Trinajstić information content (AvgIpc) is 3.63. The van der Waals surface area contributed by atoms with Gasteiger partial charge in [0.2, 0.25) is 5.43 Å². The van der Waals surface area contributed by atoms with Crippen LogP contribution in [0.1, 0.15) is 37.6 Å². The molecule has 0 bridgehead atoms. The Labute approximate surface area is 329 Å². The Morgan fingerprint density at radius 2 is 1.74 bits per heavy atom. The summed E-state index contributed by atoms with van der Waals surface area (Å²) in [6.45, 7) is 12.2. The highest BCUT2D eigenvalue weighted by atomic mass is 28.3. The fourth-order valence-electron chi connectivity index (χ4n) is 7.38. The minimum absolute atomic E-state index is 0.00676. The molecule has 13 nitrogen and oxygen atoms in total. The van der Waals surface area contributed by atoms with E-state index in [1.165, 1.54) is 36.3 Å². The molecule has 0 aliphatic carbocycles. The van der Waals surface area contributed by atoms with Gasteiger partial charge in [0, 0.05) is 90.1 Å². The number of carbonyl (C=O) groups is 2. The van der Waals surface area contributed by atoms with Crippen LogP contribution in [0.25, 0.3) is 44.1 Å². The largest absolute Gasteiger partial charge is 0.477 e. The molecule has 0 spiro atoms. The highest BCUT2D eigenvalue weighted by Gasteiger charge is 2.38. The van der Waals surface area contributed by atoms with Gasteiger partial charge in [-0.25, -0.2) is 32.7 Å². The van der Waals surface area contributed by atoms with E-state index in [-0.39, 0.29) is 58.4 Å². The summed E-state index contributed by atoms with van der Waals surface area (Å²) in [7, 11) is 5.14. The fourth-order valence-corrected chi connectivity index (χ4v) is 8.14. The van der Waals surface area contributed by atoms with Gasteiger partial charge in [0.15, 0.2) is 11.6 Å². The molecule has 1 amide bonds. The average molecular weight is 810 g/mol. The second kappa shape index (κ2) is 15.4. The van der Waals surface area contributed by atoms with E-state index in [4.69, 9.17) is 14.5 Å². The molecule has 306 valence electrons. The van der Waals surface area contributed by atoms with Crippen molar-refractivity contribution in [2.45, 2.75) is 77.4 Å². The normalized spacial score (nSPS) is 16.4. The van der Waals surface area contributed by atoms with E-state index in [1.807, 2.05) is 23.9 Å². The summed E-state index contributed by atoms with van der Waals surface area (Å²) < 4.78 is 63.4. The zero-order valence-electron chi connectivity index (χ0n) is 34.0. The van der Waals surface area contributed by atoms with Crippen molar-refractivity contribution in [3.05, 3.63) is 58.1 Å². The number of likely N-dealkylation sites (N-methyl/N-ethyl adjacent to an activating group) is 1. The molecule has 5 heterocycles. The maximum absolute atomic E-state index is 16.8. The summed E-state index contributed by atoms with van der Waals surface area (Å²) in [4.78, 5) is 53.2. The maximum Gasteiger partial charge on any atom is 0.414 e. The molecule has 1 fully saturated rings. The van der Waals surface area contributed by atoms with Crippen LogP contribution in [0.4, 0.5) is 29.3 Å². The monoisotopic (exact) mass is 809 g/mol. The van der Waals surface area contributed by atoms with Crippen molar-refractivity contribution in [2.24, 2.45) is 7.05 Å². The molecule has 0 unspecified atom stereocenters. The van der Waals surface area contributed by atoms with Gasteiger partial charge in [0.05, 0.1) is 33.1 Å². The van der Waals surface area contributed by atoms with Gasteiger partial charge in [0.1, 0.15) is 35.4 Å². The first-order chi connectivity index (χ1) is 26.6. The van der Waals surface area contributed by atoms with Gasteiger partial charge < -0.3 is 28.9 Å². The summed E-state index contributed by atoms with van der Waals surface area (Å²) in [5, 5.41) is 9.72. The predicted molar refractivity (Wildman–Crippen MR) is 218 cm³/mol. The predicted octanol–water partition coefficient (Wildman–Crippen LogP) is 7.24. The molecule has 57 heavy (non-hydrogen) atoms. The Morgan fingerprint density at radius 3 is 2.37 bits per heavy atom. The lowest BCUT2D eigenvalue weighted by atomic mass is 10.00. The molecule has 1 aliphatic heterocycles. The number of carboxylic acid groups (broad SMARTS) is 1. The zero-order valence-corrected chi connectivity index (χ0v) is 35.0. The van der Waals surface area contributed by atoms with Crippen LogP contribution in [0, 0.1) is 11.6 Å². The van der Waals surface area contributed by atoms with Crippen molar-refractivity contribution < 1.29 is 37.3 Å². The lowest BCUT2D eigenvalue weighted by Crippen LogP contribution is -2.38. The van der Waals surface area contributed by atoms with Crippen molar-refractivity contribution in [3.8, 4) is 11.1 Å². The number of benzene rings is 1. The van der Waals surface area contributed by atoms with Gasteiger partial charge in [0.25, 0.3) is 0 Å². The highest BCUT2D eigenvalue weighted by Crippen LogP contribution is 2.47. The number of halogens is 3. The van der Waals surface area contributed by atoms with Crippen LogP contribution >= 0.6 is 0 Å². The molecular formula is C40H50F3N7O6Si. The van der Waals surface area contributed by atoms with Gasteiger partial charge in [-0.2, -0.15) is 0 Å². The van der Waals surface area contributed by atoms with Crippen molar-refractivity contribution in [2.75, 3.05) is 50.6 Å². The number of carboxylic acids is 1. The smallest absolute Gasteiger partial charge is 0.414 e. The van der Waals surface area contributed by atoms with Crippen LogP contribution in [0.5, 0.6) is 0 Å². The van der Waals surface area contributed by atoms with E-state index in [9.17, 15) is 19.5 Å². The van der Waals surface area contributed by atoms with Crippen LogP contribution in [0.3, 0.4) is 0 Å². The van der Waals surface area contributed by atoms with Crippen molar-refractivity contribution >= 4 is 64.5 Å². The lowest BCUT2D eigenvalue weighted by Gasteiger charge is -2.31. The third-order valence-corrected chi connectivity index (χ3v) is 11.7. The number of hydrogen-bond acceptors (Lipinski definition) is 9. The third-order valence-electron chi connectivity index (χ3n) is 10.0. The minimum atomic E-state index is -1.54. The summed E-state index contributed by atoms with van der Waals surface area (Å²) in [6.07, 6.45) is 2.24. The van der Waals surface area contributed by atoms with Crippen molar-refractivity contribution in [3.63, 3.8) is 0 Å². The molecule has 1 aliphatic rings. The Morgan fingerprint density at radius 1 is 1.05 bits per heavy atom. The number of rotatable bonds is 11. The van der Waals surface area contributed by atoms with E-state index in [1.54, 1.807) is 32.4 Å². The van der Waals surface area contributed by atoms with E-state index in [0.717, 1.165) is 17.0 Å². The van der Waals surface area contributed by atoms with Crippen LogP contribution in [-0.4, -0.2) is 108 Å². The molecule has 2 atom stereocenters. The van der Waals surface area contributed by atoms with E-state index in [0.29, 0.717) is 30.0 Å². The van der Waals surface area contributed by atoms with Crippen molar-refractivity contribution in [1.82, 2.24) is 24.0 Å². The number of aromatic nitrogens is 4. The van der Waals surface area contributed by atoms with Crippen LogP contribution in [0.15, 0.2) is 35.5 Å². The molecular weight excluding hydrogens is 760 g/mol. The molecule has 17 heteroatoms. The maximum atomic E-state index is 16.8. The molecule has 1 N–H and O–H groups in total. The van der Waals surface area contributed by atoms with Gasteiger partial charge >= 0.3 is 12.1 Å². The van der Waals surface area contributed by atoms with Crippen LogP contribution < -0.4 is 15.2 Å². The number of hydrogen-bond donors (Lipinski definition) is 1. The fraction of sp³-hybridized carbons (Fsp3) is 0.475. The molecule has 5 aromatic rings. The molecule has 0 saturated carbocycles. The lowest BCUT2D eigenvalue weighted by molar-refractivity contribution is 0.0588. The topological polar surface area (TPSA) is 135 Å². The number of amides is 1. The van der Waals surface area contributed by atoms with Gasteiger partial charge in [-0.1, -0.05) is 19.6 Å². The first-order valence-corrected chi connectivity index (χ1v) is 22.4. The zero-order chi connectivity index (χ0) is 41.9. The standard InChI is InChI=1S/C40H50F3N7O6Si/c1-40(2,3)56-39(54)48(7)29-15-28(42)32(43)30-31-33(49-18-23(41)14-24(49)19-46(4)5)26(17-45-37(31)50(34(29)30)21-55-11-12-57(8,9)10)22-13-25-35(51)27(38(52)53)20-47(6)36(25)44-16-22/h13,15-17,20,23-24H,11-12,14,18-19,21H2,1-10H3,(H,52,53)/t23-,24-/m0/s1. The second-order valence-electron chi connectivity index (χ2n) is 17.2. The quantitative estimate of drug-likeness (QED) is 0.108. The first kappa shape index (κ1) is 41.6.